The first-order valence-corrected chi connectivity index (χ1v) is 6.81. The summed E-state index contributed by atoms with van der Waals surface area (Å²) in [5.41, 5.74) is 1.11. The molecule has 0 spiro atoms. The summed E-state index contributed by atoms with van der Waals surface area (Å²) in [7, 11) is 0. The molecule has 0 aliphatic heterocycles. The number of fused-ring (bicyclic) bond motifs is 1. The zero-order chi connectivity index (χ0) is 11.9. The molecule has 0 heterocycles. The van der Waals surface area contributed by atoms with Crippen molar-refractivity contribution in [3.05, 3.63) is 11.6 Å². The first-order valence-electron chi connectivity index (χ1n) is 6.81. The largest absolute Gasteiger partial charge is 0.390 e. The van der Waals surface area contributed by atoms with Gasteiger partial charge in [0.1, 0.15) is 0 Å². The van der Waals surface area contributed by atoms with E-state index in [2.05, 4.69) is 33.8 Å². The third kappa shape index (κ3) is 2.07. The minimum Gasteiger partial charge on any atom is -0.390 e. The van der Waals surface area contributed by atoms with Crippen molar-refractivity contribution < 1.29 is 5.11 Å². The van der Waals surface area contributed by atoms with Gasteiger partial charge in [-0.15, -0.1) is 0 Å². The summed E-state index contributed by atoms with van der Waals surface area (Å²) < 4.78 is 0. The first-order chi connectivity index (χ1) is 7.42. The van der Waals surface area contributed by atoms with Crippen LogP contribution in [0.25, 0.3) is 0 Å². The summed E-state index contributed by atoms with van der Waals surface area (Å²) in [5, 5.41) is 10.5. The van der Waals surface area contributed by atoms with Gasteiger partial charge in [0.2, 0.25) is 0 Å². The summed E-state index contributed by atoms with van der Waals surface area (Å²) in [4.78, 5) is 0. The van der Waals surface area contributed by atoms with Gasteiger partial charge >= 0.3 is 0 Å². The molecule has 2 aliphatic carbocycles. The molecule has 2 rings (SSSR count). The predicted octanol–water partition coefficient (Wildman–Crippen LogP) is 3.78. The fourth-order valence-electron chi connectivity index (χ4n) is 3.87. The SMILES string of the molecule is CC1=C[C@@H]2[C@@H](C(C)C)CC[C@](C)(O)[C@H]2CC1. The van der Waals surface area contributed by atoms with Gasteiger partial charge in [0, 0.05) is 0 Å². The van der Waals surface area contributed by atoms with E-state index in [4.69, 9.17) is 0 Å². The Kier molecular flexibility index (Phi) is 3.18. The van der Waals surface area contributed by atoms with Crippen LogP contribution in [0.15, 0.2) is 11.6 Å². The van der Waals surface area contributed by atoms with E-state index in [0.29, 0.717) is 11.8 Å². The van der Waals surface area contributed by atoms with Gasteiger partial charge in [0.05, 0.1) is 5.60 Å². The lowest BCUT2D eigenvalue weighted by molar-refractivity contribution is -0.0807. The van der Waals surface area contributed by atoms with Crippen LogP contribution in [0.2, 0.25) is 0 Å². The van der Waals surface area contributed by atoms with Crippen LogP contribution in [0.5, 0.6) is 0 Å². The van der Waals surface area contributed by atoms with Crippen molar-refractivity contribution in [3.63, 3.8) is 0 Å². The Labute approximate surface area is 99.9 Å². The van der Waals surface area contributed by atoms with Gasteiger partial charge in [0.15, 0.2) is 0 Å². The van der Waals surface area contributed by atoms with Gasteiger partial charge in [-0.25, -0.2) is 0 Å². The van der Waals surface area contributed by atoms with Crippen LogP contribution in [0.1, 0.15) is 53.4 Å². The molecule has 0 unspecified atom stereocenters. The van der Waals surface area contributed by atoms with Gasteiger partial charge in [-0.05, 0) is 63.2 Å². The Bertz CT molecular complexity index is 288. The monoisotopic (exact) mass is 222 g/mol. The number of aliphatic hydroxyl groups is 1. The van der Waals surface area contributed by atoms with Crippen LogP contribution in [0.4, 0.5) is 0 Å². The summed E-state index contributed by atoms with van der Waals surface area (Å²) in [6.45, 7) is 8.96. The van der Waals surface area contributed by atoms with Crippen molar-refractivity contribution in [3.8, 4) is 0 Å². The van der Waals surface area contributed by atoms with E-state index in [-0.39, 0.29) is 0 Å². The molecule has 0 aromatic carbocycles. The van der Waals surface area contributed by atoms with Crippen molar-refractivity contribution >= 4 is 0 Å². The van der Waals surface area contributed by atoms with Crippen LogP contribution in [-0.4, -0.2) is 10.7 Å². The maximum Gasteiger partial charge on any atom is 0.0653 e. The fraction of sp³-hybridized carbons (Fsp3) is 0.867. The van der Waals surface area contributed by atoms with Gasteiger partial charge in [-0.3, -0.25) is 0 Å². The normalized spacial score (nSPS) is 44.1. The highest BCUT2D eigenvalue weighted by Crippen LogP contribution is 2.49. The second-order valence-corrected chi connectivity index (χ2v) is 6.54. The number of rotatable bonds is 1. The second-order valence-electron chi connectivity index (χ2n) is 6.54. The summed E-state index contributed by atoms with van der Waals surface area (Å²) in [6.07, 6.45) is 7.01. The van der Waals surface area contributed by atoms with Gasteiger partial charge in [-0.2, -0.15) is 0 Å². The minimum absolute atomic E-state index is 0.423. The van der Waals surface area contributed by atoms with Gasteiger partial charge < -0.3 is 5.11 Å². The summed E-state index contributed by atoms with van der Waals surface area (Å²) >= 11 is 0. The van der Waals surface area contributed by atoms with Crippen LogP contribution < -0.4 is 0 Å². The fourth-order valence-corrected chi connectivity index (χ4v) is 3.87. The Morgan fingerprint density at radius 2 is 2.06 bits per heavy atom. The lowest BCUT2D eigenvalue weighted by Gasteiger charge is -2.49. The molecule has 0 aromatic heterocycles. The third-order valence-electron chi connectivity index (χ3n) is 4.92. The lowest BCUT2D eigenvalue weighted by Crippen LogP contribution is -2.48. The minimum atomic E-state index is -0.423. The van der Waals surface area contributed by atoms with E-state index in [1.807, 2.05) is 0 Å². The molecule has 0 amide bonds. The van der Waals surface area contributed by atoms with E-state index in [1.54, 1.807) is 0 Å². The van der Waals surface area contributed by atoms with Crippen molar-refractivity contribution in [1.29, 1.82) is 0 Å². The Morgan fingerprint density at radius 3 is 2.69 bits per heavy atom. The van der Waals surface area contributed by atoms with E-state index >= 15 is 0 Å². The average Bonchev–Trinajstić information content (AvgIpc) is 2.16. The molecule has 0 aromatic rings. The van der Waals surface area contributed by atoms with Crippen LogP contribution in [0, 0.1) is 23.7 Å². The smallest absolute Gasteiger partial charge is 0.0653 e. The topological polar surface area (TPSA) is 20.2 Å². The highest BCUT2D eigenvalue weighted by atomic mass is 16.3. The molecule has 92 valence electrons. The van der Waals surface area contributed by atoms with Crippen molar-refractivity contribution in [2.75, 3.05) is 0 Å². The molecule has 0 saturated heterocycles. The van der Waals surface area contributed by atoms with Gasteiger partial charge in [-0.1, -0.05) is 25.5 Å². The molecule has 1 saturated carbocycles. The van der Waals surface area contributed by atoms with Crippen molar-refractivity contribution in [2.24, 2.45) is 23.7 Å². The predicted molar refractivity (Wildman–Crippen MR) is 68.2 cm³/mol. The first kappa shape index (κ1) is 12.2. The van der Waals surface area contributed by atoms with Crippen molar-refractivity contribution in [2.45, 2.75) is 59.0 Å². The molecule has 2 aliphatic rings. The molecule has 0 bridgehead atoms. The molecule has 1 nitrogen and oxygen atoms in total. The van der Waals surface area contributed by atoms with Crippen LogP contribution in [-0.2, 0) is 0 Å². The molecular weight excluding hydrogens is 196 g/mol. The Hall–Kier alpha value is -0.300. The third-order valence-corrected chi connectivity index (χ3v) is 4.92. The quantitative estimate of drug-likeness (QED) is 0.669. The molecular formula is C15H26O. The molecule has 4 atom stereocenters. The summed E-state index contributed by atoms with van der Waals surface area (Å²) in [5.74, 6) is 2.64. The molecule has 1 N–H and O–H groups in total. The second kappa shape index (κ2) is 4.18. The van der Waals surface area contributed by atoms with Crippen LogP contribution >= 0.6 is 0 Å². The lowest BCUT2D eigenvalue weighted by atomic mass is 9.58. The van der Waals surface area contributed by atoms with Gasteiger partial charge in [0.25, 0.3) is 0 Å². The Morgan fingerprint density at radius 1 is 1.38 bits per heavy atom. The highest BCUT2D eigenvalue weighted by molar-refractivity contribution is 5.13. The van der Waals surface area contributed by atoms with E-state index < -0.39 is 5.60 Å². The standard InChI is InChI=1S/C15H26O/c1-10(2)12-7-8-15(4,16)14-6-5-11(3)9-13(12)14/h9-10,12-14,16H,5-8H2,1-4H3/t12-,13-,14+,15+/m1/s1. The molecule has 1 heteroatoms. The molecule has 16 heavy (non-hydrogen) atoms. The maximum absolute atomic E-state index is 10.5. The zero-order valence-corrected chi connectivity index (χ0v) is 11.2. The maximum atomic E-state index is 10.5. The number of hydrogen-bond donors (Lipinski definition) is 1. The van der Waals surface area contributed by atoms with Crippen LogP contribution in [0.3, 0.4) is 0 Å². The Balaban J connectivity index is 2.27. The summed E-state index contributed by atoms with van der Waals surface area (Å²) in [6, 6.07) is 0. The highest BCUT2D eigenvalue weighted by Gasteiger charge is 2.46. The molecule has 0 radical (unpaired) electrons. The average molecular weight is 222 g/mol. The van der Waals surface area contributed by atoms with E-state index in [1.165, 1.54) is 24.8 Å². The number of allylic oxidation sites excluding steroid dienone is 2. The zero-order valence-electron chi connectivity index (χ0n) is 11.2. The van der Waals surface area contributed by atoms with E-state index in [0.717, 1.165) is 18.3 Å². The molecule has 1 fully saturated rings. The van der Waals surface area contributed by atoms with E-state index in [9.17, 15) is 5.11 Å². The number of hydrogen-bond acceptors (Lipinski definition) is 1. The van der Waals surface area contributed by atoms with Crippen molar-refractivity contribution in [1.82, 2.24) is 0 Å².